The average molecular weight is 265 g/mol. The molecule has 1 aromatic heterocycles. The minimum absolute atomic E-state index is 0.551. The van der Waals surface area contributed by atoms with E-state index in [1.807, 2.05) is 19.1 Å². The van der Waals surface area contributed by atoms with E-state index in [1.54, 1.807) is 13.2 Å². The van der Waals surface area contributed by atoms with Crippen LogP contribution in [0.1, 0.15) is 27.3 Å². The summed E-state index contributed by atoms with van der Waals surface area (Å²) in [5.74, 6) is 0.634. The predicted octanol–water partition coefficient (Wildman–Crippen LogP) is 2.78. The van der Waals surface area contributed by atoms with Crippen LogP contribution in [0.5, 0.6) is 5.75 Å². The van der Waals surface area contributed by atoms with E-state index >= 15 is 0 Å². The number of nitrogens with one attached hydrogen (secondary N) is 1. The van der Waals surface area contributed by atoms with E-state index < -0.39 is 0 Å². The fourth-order valence-corrected chi connectivity index (χ4v) is 2.07. The lowest BCUT2D eigenvalue weighted by Gasteiger charge is -2.05. The molecular weight excluding hydrogens is 252 g/mol. The Labute approximate surface area is 110 Å². The monoisotopic (exact) mass is 264 g/mol. The first-order chi connectivity index (χ1) is 8.65. The van der Waals surface area contributed by atoms with E-state index in [0.29, 0.717) is 22.8 Å². The van der Waals surface area contributed by atoms with Crippen LogP contribution in [0, 0.1) is 6.92 Å². The number of ether oxygens (including phenoxy) is 1. The lowest BCUT2D eigenvalue weighted by atomic mass is 10.1. The summed E-state index contributed by atoms with van der Waals surface area (Å²) in [5, 5.41) is 7.48. The molecule has 1 aromatic carbocycles. The second kappa shape index (κ2) is 5.23. The maximum Gasteiger partial charge on any atom is 0.153 e. The summed E-state index contributed by atoms with van der Waals surface area (Å²) in [4.78, 5) is 11.0. The van der Waals surface area contributed by atoms with Crippen molar-refractivity contribution in [3.63, 3.8) is 0 Å². The van der Waals surface area contributed by atoms with Crippen LogP contribution in [0.2, 0.25) is 5.02 Å². The van der Waals surface area contributed by atoms with Gasteiger partial charge in [0, 0.05) is 12.1 Å². The highest BCUT2D eigenvalue weighted by Gasteiger charge is 2.11. The van der Waals surface area contributed by atoms with Crippen LogP contribution in [0.25, 0.3) is 0 Å². The van der Waals surface area contributed by atoms with Crippen LogP contribution in [0.15, 0.2) is 18.2 Å². The van der Waals surface area contributed by atoms with Crippen molar-refractivity contribution in [3.8, 4) is 5.75 Å². The zero-order valence-electron chi connectivity index (χ0n) is 10.2. The first kappa shape index (κ1) is 12.6. The van der Waals surface area contributed by atoms with Gasteiger partial charge in [0.05, 0.1) is 23.4 Å². The molecule has 0 aliphatic carbocycles. The minimum Gasteiger partial charge on any atom is -0.495 e. The third-order valence-corrected chi connectivity index (χ3v) is 3.07. The summed E-state index contributed by atoms with van der Waals surface area (Å²) in [5.41, 5.74) is 3.10. The average Bonchev–Trinajstić information content (AvgIpc) is 2.70. The molecule has 0 bridgehead atoms. The Morgan fingerprint density at radius 1 is 1.50 bits per heavy atom. The number of halogens is 1. The highest BCUT2D eigenvalue weighted by atomic mass is 35.5. The number of hydrogen-bond acceptors (Lipinski definition) is 3. The second-order valence-electron chi connectivity index (χ2n) is 3.97. The van der Waals surface area contributed by atoms with Gasteiger partial charge in [-0.05, 0) is 24.6 Å². The number of aromatic amines is 1. The maximum atomic E-state index is 11.0. The van der Waals surface area contributed by atoms with E-state index in [9.17, 15) is 4.79 Å². The molecule has 1 heterocycles. The molecule has 0 amide bonds. The summed E-state index contributed by atoms with van der Waals surface area (Å²) >= 11 is 6.05. The molecule has 0 saturated heterocycles. The summed E-state index contributed by atoms with van der Waals surface area (Å²) < 4.78 is 5.09. The molecule has 1 N–H and O–H groups in total. The SMILES string of the molecule is COc1ccc(Cc2n[nH]c(C)c2C=O)cc1Cl. The van der Waals surface area contributed by atoms with Crippen LogP contribution in [0.4, 0.5) is 0 Å². The lowest BCUT2D eigenvalue weighted by molar-refractivity contribution is 0.112. The van der Waals surface area contributed by atoms with Gasteiger partial charge in [0.15, 0.2) is 6.29 Å². The fourth-order valence-electron chi connectivity index (χ4n) is 1.79. The molecule has 0 fully saturated rings. The molecule has 0 atom stereocenters. The Morgan fingerprint density at radius 3 is 2.89 bits per heavy atom. The molecule has 5 heteroatoms. The first-order valence-electron chi connectivity index (χ1n) is 5.47. The normalized spacial score (nSPS) is 10.4. The van der Waals surface area contributed by atoms with Crippen LogP contribution in [0.3, 0.4) is 0 Å². The first-order valence-corrected chi connectivity index (χ1v) is 5.85. The largest absolute Gasteiger partial charge is 0.495 e. The topological polar surface area (TPSA) is 55.0 Å². The van der Waals surface area contributed by atoms with Gasteiger partial charge >= 0.3 is 0 Å². The molecule has 0 aliphatic rings. The van der Waals surface area contributed by atoms with E-state index in [4.69, 9.17) is 16.3 Å². The second-order valence-corrected chi connectivity index (χ2v) is 4.38. The summed E-state index contributed by atoms with van der Waals surface area (Å²) in [6.45, 7) is 1.82. The summed E-state index contributed by atoms with van der Waals surface area (Å²) in [6, 6.07) is 5.53. The van der Waals surface area contributed by atoms with E-state index in [1.165, 1.54) is 0 Å². The molecule has 0 radical (unpaired) electrons. The number of aromatic nitrogens is 2. The predicted molar refractivity (Wildman–Crippen MR) is 69.5 cm³/mol. The molecule has 2 aromatic rings. The molecule has 0 spiro atoms. The van der Waals surface area contributed by atoms with Gasteiger partial charge in [-0.3, -0.25) is 9.89 Å². The van der Waals surface area contributed by atoms with Gasteiger partial charge in [-0.25, -0.2) is 0 Å². The zero-order valence-corrected chi connectivity index (χ0v) is 10.9. The van der Waals surface area contributed by atoms with Gasteiger partial charge in [-0.2, -0.15) is 5.10 Å². The van der Waals surface area contributed by atoms with Crippen molar-refractivity contribution in [1.29, 1.82) is 0 Å². The fraction of sp³-hybridized carbons (Fsp3) is 0.231. The van der Waals surface area contributed by atoms with E-state index in [-0.39, 0.29) is 0 Å². The Hall–Kier alpha value is -1.81. The van der Waals surface area contributed by atoms with Gasteiger partial charge in [-0.1, -0.05) is 17.7 Å². The van der Waals surface area contributed by atoms with Crippen molar-refractivity contribution in [2.75, 3.05) is 7.11 Å². The number of benzene rings is 1. The minimum atomic E-state index is 0.551. The zero-order chi connectivity index (χ0) is 13.1. The lowest BCUT2D eigenvalue weighted by Crippen LogP contribution is -1.94. The molecule has 0 saturated carbocycles. The summed E-state index contributed by atoms with van der Waals surface area (Å²) in [6.07, 6.45) is 1.38. The Morgan fingerprint density at radius 2 is 2.28 bits per heavy atom. The number of methoxy groups -OCH3 is 1. The molecule has 18 heavy (non-hydrogen) atoms. The van der Waals surface area contributed by atoms with Crippen LogP contribution in [-0.2, 0) is 6.42 Å². The molecule has 4 nitrogen and oxygen atoms in total. The van der Waals surface area contributed by atoms with Crippen molar-refractivity contribution in [3.05, 3.63) is 45.7 Å². The standard InChI is InChI=1S/C13H13ClN2O2/c1-8-10(7-17)12(16-15-8)6-9-3-4-13(18-2)11(14)5-9/h3-5,7H,6H2,1-2H3,(H,15,16). The van der Waals surface area contributed by atoms with Crippen LogP contribution >= 0.6 is 11.6 Å². The van der Waals surface area contributed by atoms with Crippen molar-refractivity contribution < 1.29 is 9.53 Å². The van der Waals surface area contributed by atoms with Gasteiger partial charge in [0.25, 0.3) is 0 Å². The quantitative estimate of drug-likeness (QED) is 0.864. The van der Waals surface area contributed by atoms with Gasteiger partial charge in [-0.15, -0.1) is 0 Å². The highest BCUT2D eigenvalue weighted by molar-refractivity contribution is 6.32. The molecular formula is C13H13ClN2O2. The number of aldehydes is 1. The van der Waals surface area contributed by atoms with Gasteiger partial charge in [0.1, 0.15) is 5.75 Å². The van der Waals surface area contributed by atoms with Crippen LogP contribution < -0.4 is 4.74 Å². The summed E-state index contributed by atoms with van der Waals surface area (Å²) in [7, 11) is 1.57. The maximum absolute atomic E-state index is 11.0. The van der Waals surface area contributed by atoms with E-state index in [2.05, 4.69) is 10.2 Å². The van der Waals surface area contributed by atoms with Crippen molar-refractivity contribution in [1.82, 2.24) is 10.2 Å². The molecule has 0 unspecified atom stereocenters. The van der Waals surface area contributed by atoms with Crippen LogP contribution in [-0.4, -0.2) is 23.6 Å². The van der Waals surface area contributed by atoms with Gasteiger partial charge in [0.2, 0.25) is 0 Å². The van der Waals surface area contributed by atoms with E-state index in [0.717, 1.165) is 23.2 Å². The number of aryl methyl sites for hydroxylation is 1. The molecule has 2 rings (SSSR count). The Balaban J connectivity index is 2.28. The number of nitrogens with zero attached hydrogens (tertiary/aromatic N) is 1. The number of rotatable bonds is 4. The molecule has 0 aliphatic heterocycles. The third kappa shape index (κ3) is 2.38. The number of carbonyl (C=O) groups is 1. The third-order valence-electron chi connectivity index (χ3n) is 2.78. The smallest absolute Gasteiger partial charge is 0.153 e. The number of hydrogen-bond donors (Lipinski definition) is 1. The Kier molecular flexibility index (Phi) is 3.67. The van der Waals surface area contributed by atoms with Crippen molar-refractivity contribution in [2.24, 2.45) is 0 Å². The van der Waals surface area contributed by atoms with Gasteiger partial charge < -0.3 is 4.74 Å². The number of carbonyl (C=O) groups excluding carboxylic acids is 1. The highest BCUT2D eigenvalue weighted by Crippen LogP contribution is 2.26. The number of H-pyrrole nitrogens is 1. The van der Waals surface area contributed by atoms with Crippen molar-refractivity contribution in [2.45, 2.75) is 13.3 Å². The van der Waals surface area contributed by atoms with Crippen molar-refractivity contribution >= 4 is 17.9 Å². The molecule has 94 valence electrons. The Bertz CT molecular complexity index is 578.